The summed E-state index contributed by atoms with van der Waals surface area (Å²) in [7, 11) is 0. The predicted molar refractivity (Wildman–Crippen MR) is 88.8 cm³/mol. The van der Waals surface area contributed by atoms with Crippen LogP contribution in [0.15, 0.2) is 34.2 Å². The lowest BCUT2D eigenvalue weighted by Crippen LogP contribution is -2.18. The van der Waals surface area contributed by atoms with E-state index in [1.165, 1.54) is 18.2 Å². The quantitative estimate of drug-likeness (QED) is 0.396. The van der Waals surface area contributed by atoms with Crippen LogP contribution in [0.3, 0.4) is 0 Å². The van der Waals surface area contributed by atoms with Gasteiger partial charge in [0.15, 0.2) is 16.0 Å². The third-order valence-electron chi connectivity index (χ3n) is 2.95. The molecule has 0 aliphatic heterocycles. The third kappa shape index (κ3) is 4.38. The molecule has 0 unspecified atom stereocenters. The maximum absolute atomic E-state index is 13.1. The molecule has 2 N–H and O–H groups in total. The fourth-order valence-corrected chi connectivity index (χ4v) is 3.47. The maximum Gasteiger partial charge on any atom is 0.433 e. The number of carbonyl (C=O) groups is 1. The highest BCUT2D eigenvalue weighted by atomic mass is 32.2. The number of hydrogen-bond donors (Lipinski definition) is 2. The van der Waals surface area contributed by atoms with E-state index in [4.69, 9.17) is 0 Å². The Balaban J connectivity index is 1.67. The minimum atomic E-state index is -4.76. The molecular weight excluding hydrogens is 396 g/mol. The molecular formula is C14H8F4N4O2S2. The number of halogens is 4. The van der Waals surface area contributed by atoms with E-state index in [1.54, 1.807) is 0 Å². The summed E-state index contributed by atoms with van der Waals surface area (Å²) in [4.78, 5) is 32.7. The van der Waals surface area contributed by atoms with Crippen LogP contribution in [0.25, 0.3) is 10.2 Å². The standard InChI is InChI=1S/C14H8F4N4O2S2/c15-6-1-2-7-8(3-6)26-13(19-7)22-11(24)5-25-12-20-9(14(16,17)18)4-10(23)21-12/h1-4H,5H2,(H,19,22,24)(H,20,21,23). The van der Waals surface area contributed by atoms with E-state index in [0.717, 1.165) is 11.3 Å². The fraction of sp³-hybridized carbons (Fsp3) is 0.143. The van der Waals surface area contributed by atoms with Crippen molar-refractivity contribution < 1.29 is 22.4 Å². The number of nitrogens with one attached hydrogen (secondary N) is 2. The van der Waals surface area contributed by atoms with Crippen LogP contribution in [0.2, 0.25) is 0 Å². The number of H-pyrrole nitrogens is 1. The number of hydrogen-bond acceptors (Lipinski definition) is 6. The van der Waals surface area contributed by atoms with Gasteiger partial charge in [0.2, 0.25) is 5.91 Å². The third-order valence-corrected chi connectivity index (χ3v) is 4.75. The van der Waals surface area contributed by atoms with Gasteiger partial charge in [-0.05, 0) is 18.2 Å². The first-order valence-corrected chi connectivity index (χ1v) is 8.68. The van der Waals surface area contributed by atoms with Crippen molar-refractivity contribution in [3.8, 4) is 0 Å². The minimum Gasteiger partial charge on any atom is -0.301 e. The van der Waals surface area contributed by atoms with E-state index in [9.17, 15) is 27.2 Å². The van der Waals surface area contributed by atoms with Gasteiger partial charge in [0.05, 0.1) is 16.0 Å². The van der Waals surface area contributed by atoms with Gasteiger partial charge in [-0.3, -0.25) is 9.59 Å². The Kier molecular flexibility index (Phi) is 4.96. The molecule has 0 saturated carbocycles. The lowest BCUT2D eigenvalue weighted by Gasteiger charge is -2.06. The highest BCUT2D eigenvalue weighted by Crippen LogP contribution is 2.28. The molecule has 26 heavy (non-hydrogen) atoms. The van der Waals surface area contributed by atoms with Gasteiger partial charge in [0.1, 0.15) is 5.82 Å². The lowest BCUT2D eigenvalue weighted by atomic mass is 10.3. The van der Waals surface area contributed by atoms with Crippen LogP contribution in [-0.2, 0) is 11.0 Å². The second kappa shape index (κ2) is 7.03. The first kappa shape index (κ1) is 18.3. The average Bonchev–Trinajstić information content (AvgIpc) is 2.93. The van der Waals surface area contributed by atoms with Gasteiger partial charge in [-0.1, -0.05) is 23.1 Å². The van der Waals surface area contributed by atoms with Crippen molar-refractivity contribution in [3.05, 3.63) is 46.1 Å². The maximum atomic E-state index is 13.1. The van der Waals surface area contributed by atoms with E-state index in [0.29, 0.717) is 28.0 Å². The van der Waals surface area contributed by atoms with Crippen molar-refractivity contribution in [1.29, 1.82) is 0 Å². The molecule has 0 fully saturated rings. The summed E-state index contributed by atoms with van der Waals surface area (Å²) in [6, 6.07) is 4.31. The molecule has 0 atom stereocenters. The van der Waals surface area contributed by atoms with Crippen LogP contribution in [-0.4, -0.2) is 26.6 Å². The van der Waals surface area contributed by atoms with Gasteiger partial charge in [-0.2, -0.15) is 13.2 Å². The number of benzene rings is 1. The summed E-state index contributed by atoms with van der Waals surface area (Å²) >= 11 is 1.69. The normalized spacial score (nSPS) is 11.7. The Morgan fingerprint density at radius 2 is 2.04 bits per heavy atom. The van der Waals surface area contributed by atoms with Gasteiger partial charge in [-0.25, -0.2) is 14.4 Å². The molecule has 0 aliphatic carbocycles. The minimum absolute atomic E-state index is 0.224. The molecule has 12 heteroatoms. The lowest BCUT2D eigenvalue weighted by molar-refractivity contribution is -0.141. The molecule has 1 amide bonds. The summed E-state index contributed by atoms with van der Waals surface area (Å²) in [5.41, 5.74) is -1.80. The number of thioether (sulfide) groups is 1. The number of carbonyl (C=O) groups excluding carboxylic acids is 1. The van der Waals surface area contributed by atoms with Crippen LogP contribution < -0.4 is 10.9 Å². The van der Waals surface area contributed by atoms with Crippen LogP contribution in [0.4, 0.5) is 22.7 Å². The summed E-state index contributed by atoms with van der Waals surface area (Å²) in [5.74, 6) is -1.29. The number of anilines is 1. The number of alkyl halides is 3. The first-order valence-electron chi connectivity index (χ1n) is 6.88. The Bertz CT molecular complexity index is 1030. The molecule has 136 valence electrons. The number of fused-ring (bicyclic) bond motifs is 1. The molecule has 3 rings (SSSR count). The molecule has 0 radical (unpaired) electrons. The molecule has 2 aromatic heterocycles. The monoisotopic (exact) mass is 404 g/mol. The van der Waals surface area contributed by atoms with Crippen molar-refractivity contribution in [1.82, 2.24) is 15.0 Å². The largest absolute Gasteiger partial charge is 0.433 e. The fourth-order valence-electron chi connectivity index (χ4n) is 1.89. The van der Waals surface area contributed by atoms with E-state index in [2.05, 4.69) is 20.3 Å². The second-order valence-corrected chi connectivity index (χ2v) is 6.90. The molecule has 0 spiro atoms. The van der Waals surface area contributed by atoms with E-state index >= 15 is 0 Å². The smallest absolute Gasteiger partial charge is 0.301 e. The Morgan fingerprint density at radius 3 is 2.77 bits per heavy atom. The number of nitrogens with zero attached hydrogens (tertiary/aromatic N) is 2. The Hall–Kier alpha value is -2.47. The van der Waals surface area contributed by atoms with Crippen LogP contribution in [0.1, 0.15) is 5.69 Å². The summed E-state index contributed by atoms with van der Waals surface area (Å²) in [6.07, 6.45) is -4.76. The zero-order chi connectivity index (χ0) is 18.9. The highest BCUT2D eigenvalue weighted by Gasteiger charge is 2.33. The Morgan fingerprint density at radius 1 is 1.27 bits per heavy atom. The number of rotatable bonds is 4. The number of amides is 1. The molecule has 0 bridgehead atoms. The van der Waals surface area contributed by atoms with E-state index in [1.807, 2.05) is 0 Å². The second-order valence-electron chi connectivity index (χ2n) is 4.90. The number of thiazole rings is 1. The topological polar surface area (TPSA) is 87.7 Å². The molecule has 0 saturated heterocycles. The van der Waals surface area contributed by atoms with Gasteiger partial charge in [-0.15, -0.1) is 0 Å². The van der Waals surface area contributed by atoms with Crippen LogP contribution in [0.5, 0.6) is 0 Å². The van der Waals surface area contributed by atoms with Crippen LogP contribution >= 0.6 is 23.1 Å². The van der Waals surface area contributed by atoms with E-state index in [-0.39, 0.29) is 16.0 Å². The summed E-state index contributed by atoms with van der Waals surface area (Å²) < 4.78 is 51.6. The highest BCUT2D eigenvalue weighted by molar-refractivity contribution is 7.99. The van der Waals surface area contributed by atoms with Crippen molar-refractivity contribution in [2.75, 3.05) is 11.1 Å². The van der Waals surface area contributed by atoms with Crippen molar-refractivity contribution in [2.24, 2.45) is 0 Å². The van der Waals surface area contributed by atoms with Gasteiger partial charge < -0.3 is 10.3 Å². The first-order chi connectivity index (χ1) is 12.2. The SMILES string of the molecule is O=C(CSc1nc(C(F)(F)F)cc(=O)[nH]1)Nc1nc2ccc(F)cc2s1. The summed E-state index contributed by atoms with van der Waals surface area (Å²) in [5, 5.41) is 2.36. The molecule has 3 aromatic rings. The van der Waals surface area contributed by atoms with E-state index < -0.39 is 29.2 Å². The van der Waals surface area contributed by atoms with Crippen molar-refractivity contribution in [2.45, 2.75) is 11.3 Å². The number of aromatic nitrogens is 3. The zero-order valence-corrected chi connectivity index (χ0v) is 14.2. The van der Waals surface area contributed by atoms with Gasteiger partial charge in [0.25, 0.3) is 5.56 Å². The molecule has 0 aliphatic rings. The zero-order valence-electron chi connectivity index (χ0n) is 12.6. The molecule has 2 heterocycles. The molecule has 1 aromatic carbocycles. The average molecular weight is 404 g/mol. The van der Waals surface area contributed by atoms with Gasteiger partial charge >= 0.3 is 6.18 Å². The van der Waals surface area contributed by atoms with Gasteiger partial charge in [0, 0.05) is 6.07 Å². The van der Waals surface area contributed by atoms with Crippen molar-refractivity contribution in [3.63, 3.8) is 0 Å². The van der Waals surface area contributed by atoms with Crippen molar-refractivity contribution >= 4 is 44.4 Å². The summed E-state index contributed by atoms with van der Waals surface area (Å²) in [6.45, 7) is 0. The predicted octanol–water partition coefficient (Wildman–Crippen LogP) is 3.27. The molecule has 6 nitrogen and oxygen atoms in total. The van der Waals surface area contributed by atoms with Crippen LogP contribution in [0, 0.1) is 5.82 Å². The number of aromatic amines is 1. The Labute approximate surface area is 150 Å².